The van der Waals surface area contributed by atoms with Gasteiger partial charge in [0.2, 0.25) is 0 Å². The number of cyclic esters (lactones) is 1. The third kappa shape index (κ3) is 12.9. The van der Waals surface area contributed by atoms with Gasteiger partial charge in [0.25, 0.3) is 0 Å². The molecule has 0 aliphatic carbocycles. The second-order valence-corrected chi connectivity index (χ2v) is 29.1. The van der Waals surface area contributed by atoms with Crippen LogP contribution in [0, 0.1) is 29.6 Å². The van der Waals surface area contributed by atoms with E-state index in [2.05, 4.69) is 108 Å². The summed E-state index contributed by atoms with van der Waals surface area (Å²) < 4.78 is 32.9. The van der Waals surface area contributed by atoms with Gasteiger partial charge in [-0.25, -0.2) is 4.79 Å². The summed E-state index contributed by atoms with van der Waals surface area (Å²) in [4.78, 5) is 27.9. The Bertz CT molecular complexity index is 1400. The number of carbonyl (C=O) groups is 2. The molecule has 55 heavy (non-hydrogen) atoms. The van der Waals surface area contributed by atoms with E-state index >= 15 is 0 Å². The first kappa shape index (κ1) is 49.5. The molecule has 1 N–H and O–H groups in total. The van der Waals surface area contributed by atoms with Crippen LogP contribution in [0.2, 0.25) is 29.7 Å². The van der Waals surface area contributed by atoms with Crippen LogP contribution in [0.25, 0.3) is 0 Å². The topological polar surface area (TPSA) is 101 Å². The summed E-state index contributed by atoms with van der Waals surface area (Å²) in [6, 6.07) is 0. The molecule has 2 aliphatic heterocycles. The minimum Gasteiger partial charge on any atom is -0.456 e. The van der Waals surface area contributed by atoms with Crippen molar-refractivity contribution in [3.63, 3.8) is 0 Å². The van der Waals surface area contributed by atoms with Crippen LogP contribution in [0.5, 0.6) is 0 Å². The fourth-order valence-electron chi connectivity index (χ4n) is 8.79. The highest BCUT2D eigenvalue weighted by Gasteiger charge is 2.63. The Kier molecular flexibility index (Phi) is 17.9. The molecule has 0 saturated carbocycles. The van der Waals surface area contributed by atoms with E-state index in [0.717, 1.165) is 18.4 Å². The highest BCUT2D eigenvalue weighted by Crippen LogP contribution is 2.56. The molecule has 0 unspecified atom stereocenters. The Balaban J connectivity index is 2.49. The van der Waals surface area contributed by atoms with Crippen LogP contribution in [0.3, 0.4) is 0 Å². The Hall–Kier alpha value is -1.67. The number of Topliss-reactive ketones (excluding diaryl/α,β-unsaturated/α-hetero) is 1. The largest absolute Gasteiger partial charge is 0.456 e. The summed E-state index contributed by atoms with van der Waals surface area (Å²) in [6.07, 6.45) is 8.79. The van der Waals surface area contributed by atoms with E-state index in [-0.39, 0.29) is 58.3 Å². The molecule has 8 nitrogen and oxygen atoms in total. The maximum atomic E-state index is 14.2. The molecule has 11 atom stereocenters. The van der Waals surface area contributed by atoms with Crippen LogP contribution in [-0.4, -0.2) is 77.5 Å². The summed E-state index contributed by atoms with van der Waals surface area (Å²) in [5, 5.41) is 11.5. The molecule has 0 spiro atoms. The zero-order valence-corrected chi connectivity index (χ0v) is 40.2. The van der Waals surface area contributed by atoms with Crippen molar-refractivity contribution in [1.29, 1.82) is 0 Å². The fourth-order valence-corrected chi connectivity index (χ4v) is 15.3. The van der Waals surface area contributed by atoms with Crippen LogP contribution in [0.15, 0.2) is 47.1 Å². The predicted molar refractivity (Wildman–Crippen MR) is 231 cm³/mol. The van der Waals surface area contributed by atoms with Crippen molar-refractivity contribution in [2.75, 3.05) is 7.11 Å². The number of methoxy groups -OCH3 is 1. The van der Waals surface area contributed by atoms with Gasteiger partial charge in [-0.15, -0.1) is 0 Å². The quantitative estimate of drug-likeness (QED) is 0.172. The van der Waals surface area contributed by atoms with Gasteiger partial charge in [-0.2, -0.15) is 0 Å². The molecule has 0 amide bonds. The van der Waals surface area contributed by atoms with E-state index in [0.29, 0.717) is 5.57 Å². The van der Waals surface area contributed by atoms with Gasteiger partial charge in [0.1, 0.15) is 18.0 Å². The lowest BCUT2D eigenvalue weighted by Gasteiger charge is -2.57. The Morgan fingerprint density at radius 2 is 1.56 bits per heavy atom. The smallest absolute Gasteiger partial charge is 0.349 e. The maximum absolute atomic E-state index is 14.2. The molecule has 0 aromatic heterocycles. The molecular formula is C45H80O8Si2. The molecule has 10 heteroatoms. The van der Waals surface area contributed by atoms with Crippen molar-refractivity contribution in [1.82, 2.24) is 0 Å². The zero-order valence-electron chi connectivity index (χ0n) is 38.2. The van der Waals surface area contributed by atoms with Gasteiger partial charge in [-0.3, -0.25) is 4.79 Å². The molecule has 0 aromatic rings. The van der Waals surface area contributed by atoms with Gasteiger partial charge >= 0.3 is 14.5 Å². The lowest BCUT2D eigenvalue weighted by atomic mass is 9.82. The van der Waals surface area contributed by atoms with E-state index in [1.54, 1.807) is 21.0 Å². The van der Waals surface area contributed by atoms with Crippen molar-refractivity contribution in [2.24, 2.45) is 29.6 Å². The van der Waals surface area contributed by atoms with Gasteiger partial charge in [0.05, 0.1) is 24.4 Å². The van der Waals surface area contributed by atoms with Crippen LogP contribution in [0.4, 0.5) is 0 Å². The number of ketones is 1. The van der Waals surface area contributed by atoms with E-state index in [1.807, 2.05) is 32.1 Å². The van der Waals surface area contributed by atoms with Gasteiger partial charge in [-0.05, 0) is 71.2 Å². The maximum Gasteiger partial charge on any atom is 0.349 e. The monoisotopic (exact) mass is 805 g/mol. The van der Waals surface area contributed by atoms with Crippen LogP contribution in [0.1, 0.15) is 123 Å². The highest BCUT2D eigenvalue weighted by atomic mass is 28.4. The Labute approximate surface area is 338 Å². The summed E-state index contributed by atoms with van der Waals surface area (Å²) in [5.74, 6) is -1.57. The van der Waals surface area contributed by atoms with Crippen molar-refractivity contribution < 1.29 is 37.4 Å². The number of carbonyl (C=O) groups excluding carboxylic acids is 2. The van der Waals surface area contributed by atoms with Crippen molar-refractivity contribution >= 4 is 28.6 Å². The van der Waals surface area contributed by atoms with E-state index < -0.39 is 53.0 Å². The lowest BCUT2D eigenvalue weighted by molar-refractivity contribution is -0.159. The van der Waals surface area contributed by atoms with Crippen LogP contribution < -0.4 is 0 Å². The number of rotatable bonds is 10. The number of hydrogen-bond acceptors (Lipinski definition) is 8. The normalized spacial score (nSPS) is 34.5. The average Bonchev–Trinajstić information content (AvgIpc) is 3.05. The second kappa shape index (κ2) is 19.9. The third-order valence-electron chi connectivity index (χ3n) is 11.7. The van der Waals surface area contributed by atoms with Gasteiger partial charge in [0.15, 0.2) is 8.32 Å². The minimum absolute atomic E-state index is 0.00611. The first-order valence-electron chi connectivity index (χ1n) is 20.8. The van der Waals surface area contributed by atoms with Crippen molar-refractivity contribution in [3.05, 3.63) is 47.1 Å². The summed E-state index contributed by atoms with van der Waals surface area (Å²) in [6.45, 7) is 37.9. The highest BCUT2D eigenvalue weighted by molar-refractivity contribution is 6.73. The lowest BCUT2D eigenvalue weighted by Crippen LogP contribution is -2.66. The van der Waals surface area contributed by atoms with Gasteiger partial charge in [0, 0.05) is 46.9 Å². The van der Waals surface area contributed by atoms with E-state index in [9.17, 15) is 14.7 Å². The molecule has 1 saturated heterocycles. The Morgan fingerprint density at radius 3 is 2.07 bits per heavy atom. The van der Waals surface area contributed by atoms with Crippen LogP contribution >= 0.6 is 0 Å². The van der Waals surface area contributed by atoms with Crippen LogP contribution in [-0.2, 0) is 32.3 Å². The first-order chi connectivity index (χ1) is 25.1. The number of aliphatic hydroxyl groups excluding tert-OH is 1. The fraction of sp³-hybridized carbons (Fsp3) is 0.778. The predicted octanol–water partition coefficient (Wildman–Crippen LogP) is 10.7. The molecule has 0 bridgehead atoms. The molecule has 2 aliphatic rings. The molecule has 316 valence electrons. The van der Waals surface area contributed by atoms with Gasteiger partial charge < -0.3 is 27.9 Å². The Morgan fingerprint density at radius 1 is 1.00 bits per heavy atom. The summed E-state index contributed by atoms with van der Waals surface area (Å²) in [5.41, 5.74) is 2.58. The van der Waals surface area contributed by atoms with E-state index in [4.69, 9.17) is 22.8 Å². The number of esters is 1. The number of hydrogen-bond donors (Lipinski definition) is 1. The minimum atomic E-state index is -2.87. The molecule has 2 rings (SSSR count). The SMILES string of the molecule is CC[C@H]1O[Si](C(C)(C)C)(C(C)(C)C)O[C@H](CC(=O)[C@H](C)[C@@H](O)[C@H](C)[C@H]2OC(=O)/C(C)=C/C(C)=C/[C@@H](C)[C@@H](O[Si](C)(C)C)[C@@H](C)C/C(C)=C/C=C/[C@@H]2OC)[C@H]1C. The standard InChI is InChI=1S/C45H80O8Si2/c1-20-37-34(8)39(52-55(51-37,44(10,11)12)45(13,14)15)27-36(46)33(7)40(47)35(9)42-38(49-16)23-21-22-28(2)24-30(4)41(53-54(17,18)19)31(5)25-29(3)26-32(6)43(48)50-42/h21-23,25-26,30-31,33-35,37-42,47H,20,24,27H2,1-19H3/b23-21+,28-22+,29-25+,32-26+/t30-,31+,33-,34-,35-,37+,38-,39+,40+,41-,42+/m0/s1. The number of ether oxygens (including phenoxy) is 2. The average molecular weight is 805 g/mol. The molecular weight excluding hydrogens is 725 g/mol. The van der Waals surface area contributed by atoms with Gasteiger partial charge in [-0.1, -0.05) is 119 Å². The van der Waals surface area contributed by atoms with E-state index in [1.165, 1.54) is 5.57 Å². The molecule has 1 fully saturated rings. The van der Waals surface area contributed by atoms with Crippen molar-refractivity contribution in [2.45, 2.75) is 189 Å². The summed E-state index contributed by atoms with van der Waals surface area (Å²) >= 11 is 0. The zero-order chi connectivity index (χ0) is 42.4. The molecule has 0 radical (unpaired) electrons. The molecule has 2 heterocycles. The second-order valence-electron chi connectivity index (χ2n) is 19.9. The number of allylic oxidation sites excluding steroid dienone is 5. The first-order valence-corrected chi connectivity index (χ1v) is 26.0. The van der Waals surface area contributed by atoms with Crippen molar-refractivity contribution in [3.8, 4) is 0 Å². The third-order valence-corrected chi connectivity index (χ3v) is 17.9. The summed E-state index contributed by atoms with van der Waals surface area (Å²) in [7, 11) is -3.13. The molecule has 0 aromatic carbocycles. The number of aliphatic hydroxyl groups is 1.